The highest BCUT2D eigenvalue weighted by Crippen LogP contribution is 2.44. The molecule has 0 radical (unpaired) electrons. The number of Topliss-reactive ketones (excluding diaryl/α,β-unsaturated/α-hetero) is 2. The van der Waals surface area contributed by atoms with E-state index in [1.54, 1.807) is 25.2 Å². The van der Waals surface area contributed by atoms with Gasteiger partial charge in [-0.15, -0.1) is 0 Å². The van der Waals surface area contributed by atoms with Crippen LogP contribution in [0.15, 0.2) is 58.6 Å². The Hall–Kier alpha value is -2.34. The van der Waals surface area contributed by atoms with Crippen molar-refractivity contribution in [3.05, 3.63) is 58.6 Å². The van der Waals surface area contributed by atoms with Gasteiger partial charge in [-0.25, -0.2) is 4.79 Å². The van der Waals surface area contributed by atoms with Crippen molar-refractivity contribution in [2.75, 3.05) is 5.75 Å². The molecule has 0 aromatic rings. The average Bonchev–Trinajstić information content (AvgIpc) is 2.85. The van der Waals surface area contributed by atoms with Crippen molar-refractivity contribution in [3.63, 3.8) is 0 Å². The van der Waals surface area contributed by atoms with Gasteiger partial charge in [0, 0.05) is 17.2 Å². The third kappa shape index (κ3) is 2.61. The van der Waals surface area contributed by atoms with E-state index in [4.69, 9.17) is 9.47 Å². The number of esters is 1. The summed E-state index contributed by atoms with van der Waals surface area (Å²) in [5.74, 6) is -1.11. The molecule has 0 N–H and O–H groups in total. The van der Waals surface area contributed by atoms with E-state index in [2.05, 4.69) is 12.6 Å². The van der Waals surface area contributed by atoms with Crippen LogP contribution in [-0.2, 0) is 23.9 Å². The van der Waals surface area contributed by atoms with Crippen LogP contribution in [0.2, 0.25) is 0 Å². The first-order valence-corrected chi connectivity index (χ1v) is 8.58. The van der Waals surface area contributed by atoms with Crippen molar-refractivity contribution in [1.29, 1.82) is 0 Å². The largest absolute Gasteiger partial charge is 0.464 e. The summed E-state index contributed by atoms with van der Waals surface area (Å²) >= 11 is 4.12. The Bertz CT molecular complexity index is 840. The Morgan fingerprint density at radius 1 is 1.36 bits per heavy atom. The fourth-order valence-electron chi connectivity index (χ4n) is 3.01. The molecule has 0 saturated heterocycles. The smallest absolute Gasteiger partial charge is 0.343 e. The fraction of sp³-hybridized carbons (Fsp3) is 0.316. The number of allylic oxidation sites excluding steroid dienone is 4. The van der Waals surface area contributed by atoms with Crippen molar-refractivity contribution in [3.8, 4) is 0 Å². The van der Waals surface area contributed by atoms with Gasteiger partial charge < -0.3 is 9.47 Å². The lowest BCUT2D eigenvalue weighted by Gasteiger charge is -2.30. The summed E-state index contributed by atoms with van der Waals surface area (Å²) in [6.45, 7) is 5.05. The molecule has 130 valence electrons. The molecule has 5 nitrogen and oxygen atoms in total. The molecule has 0 aromatic carbocycles. The number of ether oxygens (including phenoxy) is 2. The highest BCUT2D eigenvalue weighted by Gasteiger charge is 2.54. The molecule has 2 heterocycles. The second-order valence-electron chi connectivity index (χ2n) is 6.28. The number of hydrogen-bond acceptors (Lipinski definition) is 6. The van der Waals surface area contributed by atoms with Crippen LogP contribution in [0.3, 0.4) is 0 Å². The van der Waals surface area contributed by atoms with Crippen LogP contribution in [0.1, 0.15) is 20.8 Å². The summed E-state index contributed by atoms with van der Waals surface area (Å²) in [5.41, 5.74) is -0.326. The van der Waals surface area contributed by atoms with Gasteiger partial charge in [-0.1, -0.05) is 13.0 Å². The summed E-state index contributed by atoms with van der Waals surface area (Å²) in [7, 11) is 0. The van der Waals surface area contributed by atoms with Gasteiger partial charge in [0.25, 0.3) is 0 Å². The van der Waals surface area contributed by atoms with Gasteiger partial charge >= 0.3 is 5.97 Å². The Morgan fingerprint density at radius 2 is 2.08 bits per heavy atom. The van der Waals surface area contributed by atoms with E-state index in [-0.39, 0.29) is 11.4 Å². The Labute approximate surface area is 151 Å². The zero-order valence-electron chi connectivity index (χ0n) is 14.2. The van der Waals surface area contributed by atoms with Gasteiger partial charge in [0.1, 0.15) is 17.6 Å². The summed E-state index contributed by atoms with van der Waals surface area (Å²) in [4.78, 5) is 37.9. The first-order chi connectivity index (χ1) is 11.8. The van der Waals surface area contributed by atoms with E-state index in [0.29, 0.717) is 28.2 Å². The molecule has 0 bridgehead atoms. The maximum absolute atomic E-state index is 12.9. The molecule has 3 rings (SSSR count). The first-order valence-electron chi connectivity index (χ1n) is 7.94. The molecule has 0 spiro atoms. The van der Waals surface area contributed by atoms with Crippen LogP contribution in [0.25, 0.3) is 0 Å². The summed E-state index contributed by atoms with van der Waals surface area (Å²) in [6, 6.07) is 0. The number of thiol groups is 1. The van der Waals surface area contributed by atoms with Crippen molar-refractivity contribution in [2.24, 2.45) is 5.92 Å². The number of rotatable bonds is 4. The average molecular weight is 358 g/mol. The van der Waals surface area contributed by atoms with Crippen LogP contribution < -0.4 is 0 Å². The van der Waals surface area contributed by atoms with Crippen LogP contribution in [0.4, 0.5) is 0 Å². The molecule has 0 saturated carbocycles. The van der Waals surface area contributed by atoms with E-state index in [0.717, 1.165) is 0 Å². The minimum absolute atomic E-state index is 0.0589. The van der Waals surface area contributed by atoms with E-state index in [9.17, 15) is 14.4 Å². The van der Waals surface area contributed by atoms with Crippen molar-refractivity contribution in [2.45, 2.75) is 26.4 Å². The minimum Gasteiger partial charge on any atom is -0.464 e. The zero-order valence-corrected chi connectivity index (χ0v) is 15.1. The lowest BCUT2D eigenvalue weighted by Crippen LogP contribution is -2.41. The van der Waals surface area contributed by atoms with Gasteiger partial charge in [-0.05, 0) is 37.6 Å². The van der Waals surface area contributed by atoms with E-state index in [1.165, 1.54) is 13.2 Å². The van der Waals surface area contributed by atoms with Gasteiger partial charge in [0.05, 0.1) is 5.57 Å². The number of fused-ring (bicyclic) bond motifs is 2. The quantitative estimate of drug-likeness (QED) is 0.475. The highest BCUT2D eigenvalue weighted by molar-refractivity contribution is 7.80. The normalized spacial score (nSPS) is 26.3. The third-order valence-corrected chi connectivity index (χ3v) is 5.03. The van der Waals surface area contributed by atoms with E-state index in [1.807, 2.05) is 13.0 Å². The van der Waals surface area contributed by atoms with Gasteiger partial charge in [-0.3, -0.25) is 9.59 Å². The second-order valence-corrected chi connectivity index (χ2v) is 6.65. The Kier molecular flexibility index (Phi) is 4.33. The minimum atomic E-state index is -1.50. The van der Waals surface area contributed by atoms with Crippen LogP contribution in [-0.4, -0.2) is 28.9 Å². The van der Waals surface area contributed by atoms with Crippen LogP contribution in [0, 0.1) is 5.92 Å². The van der Waals surface area contributed by atoms with Gasteiger partial charge in [0.15, 0.2) is 11.4 Å². The third-order valence-electron chi connectivity index (χ3n) is 4.48. The fourth-order valence-corrected chi connectivity index (χ4v) is 3.18. The van der Waals surface area contributed by atoms with E-state index < -0.39 is 23.3 Å². The predicted molar refractivity (Wildman–Crippen MR) is 94.7 cm³/mol. The summed E-state index contributed by atoms with van der Waals surface area (Å²) in [5, 5.41) is 0. The molecule has 3 aliphatic rings. The Morgan fingerprint density at radius 3 is 2.72 bits per heavy atom. The molecular weight excluding hydrogens is 340 g/mol. The zero-order chi connectivity index (χ0) is 18.4. The van der Waals surface area contributed by atoms with Crippen molar-refractivity contribution in [1.82, 2.24) is 0 Å². The molecule has 2 unspecified atom stereocenters. The molecular formula is C19H18O5S. The maximum Gasteiger partial charge on any atom is 0.343 e. The summed E-state index contributed by atoms with van der Waals surface area (Å²) < 4.78 is 10.8. The Balaban J connectivity index is 2.19. The number of hydrogen-bond donors (Lipinski definition) is 1. The number of ketones is 2. The van der Waals surface area contributed by atoms with Crippen LogP contribution in [0.5, 0.6) is 0 Å². The molecule has 2 atom stereocenters. The molecule has 25 heavy (non-hydrogen) atoms. The SMILES string of the molecule is C/C=C\C1=CC2=CC3=C(C(=O)C(C)CS)C(=O)OC3(C)C(=O)C2=CO1. The predicted octanol–water partition coefficient (Wildman–Crippen LogP) is 2.62. The monoisotopic (exact) mass is 358 g/mol. The summed E-state index contributed by atoms with van der Waals surface area (Å²) in [6.07, 6.45) is 8.29. The standard InChI is InChI=1S/C19H18O5S/c1-4-5-12-6-11-7-14-15(16(20)10(2)9-25)18(22)24-19(14,3)17(21)13(11)8-23-12/h4-8,10,25H,9H2,1-3H3/b5-4-. The number of carbonyl (C=O) groups excluding carboxylic acids is 3. The first kappa shape index (κ1) is 17.5. The van der Waals surface area contributed by atoms with E-state index >= 15 is 0 Å². The molecule has 0 fully saturated rings. The van der Waals surface area contributed by atoms with Crippen molar-refractivity contribution >= 4 is 30.2 Å². The topological polar surface area (TPSA) is 69.7 Å². The van der Waals surface area contributed by atoms with Crippen LogP contribution >= 0.6 is 12.6 Å². The highest BCUT2D eigenvalue weighted by atomic mass is 32.1. The molecule has 6 heteroatoms. The number of carbonyl (C=O) groups is 3. The van der Waals surface area contributed by atoms with Gasteiger partial charge in [0.2, 0.25) is 5.78 Å². The molecule has 2 aliphatic heterocycles. The molecule has 0 amide bonds. The lowest BCUT2D eigenvalue weighted by molar-refractivity contribution is -0.153. The lowest BCUT2D eigenvalue weighted by atomic mass is 9.76. The van der Waals surface area contributed by atoms with Crippen molar-refractivity contribution < 1.29 is 23.9 Å². The second kappa shape index (κ2) is 6.19. The molecule has 1 aliphatic carbocycles. The molecule has 0 aromatic heterocycles. The van der Waals surface area contributed by atoms with Gasteiger partial charge in [-0.2, -0.15) is 12.6 Å². The maximum atomic E-state index is 12.9.